The third-order valence-electron chi connectivity index (χ3n) is 7.97. The molecule has 57 heavy (non-hydrogen) atoms. The molecule has 1 unspecified atom stereocenters. The third kappa shape index (κ3) is 37.7. The lowest BCUT2D eigenvalue weighted by molar-refractivity contribution is -0.161. The van der Waals surface area contributed by atoms with Crippen LogP contribution in [0.4, 0.5) is 0 Å². The molecule has 0 aliphatic carbocycles. The number of carboxylic acids is 1. The summed E-state index contributed by atoms with van der Waals surface area (Å²) in [6.45, 7) is 2.30. The monoisotopic (exact) mass is 819 g/mol. The molecule has 0 saturated carbocycles. The fraction of sp³-hybridized carbons (Fsp3) is 0.568. The Hall–Kier alpha value is -3.64. The van der Waals surface area contributed by atoms with Gasteiger partial charge >= 0.3 is 25.7 Å². The van der Waals surface area contributed by atoms with Crippen molar-refractivity contribution in [2.75, 3.05) is 19.8 Å². The molecule has 0 aromatic heterocycles. The summed E-state index contributed by atoms with van der Waals surface area (Å²) in [4.78, 5) is 45.8. The van der Waals surface area contributed by atoms with Crippen molar-refractivity contribution in [3.8, 4) is 0 Å². The van der Waals surface area contributed by atoms with Crippen LogP contribution >= 0.6 is 7.82 Å². The maximum absolute atomic E-state index is 12.6. The summed E-state index contributed by atoms with van der Waals surface area (Å²) in [5, 5.41) is 18.3. The van der Waals surface area contributed by atoms with E-state index < -0.39 is 63.8 Å². The van der Waals surface area contributed by atoms with E-state index in [-0.39, 0.29) is 12.8 Å². The van der Waals surface area contributed by atoms with E-state index >= 15 is 0 Å². The van der Waals surface area contributed by atoms with Crippen LogP contribution in [0.25, 0.3) is 0 Å². The van der Waals surface area contributed by atoms with Gasteiger partial charge in [0.2, 0.25) is 0 Å². The van der Waals surface area contributed by atoms with Gasteiger partial charge < -0.3 is 30.3 Å². The Morgan fingerprint density at radius 2 is 1.12 bits per heavy atom. The van der Waals surface area contributed by atoms with Crippen molar-refractivity contribution in [1.29, 1.82) is 0 Å². The molecule has 0 bridgehead atoms. The molecule has 322 valence electrons. The molecule has 0 rings (SSSR count). The molecule has 4 atom stereocenters. The summed E-state index contributed by atoms with van der Waals surface area (Å²) >= 11 is 0. The number of esters is 2. The first kappa shape index (κ1) is 53.4. The Kier molecular flexibility index (Phi) is 35.5. The van der Waals surface area contributed by atoms with Crippen LogP contribution in [-0.4, -0.2) is 71.1 Å². The van der Waals surface area contributed by atoms with Gasteiger partial charge in [0.1, 0.15) is 12.6 Å². The van der Waals surface area contributed by atoms with Crippen LogP contribution in [0.1, 0.15) is 123 Å². The quantitative estimate of drug-likeness (QED) is 0.0154. The van der Waals surface area contributed by atoms with Gasteiger partial charge in [0, 0.05) is 12.8 Å². The van der Waals surface area contributed by atoms with E-state index in [2.05, 4.69) is 72.2 Å². The Labute approximate surface area is 341 Å². The molecule has 0 aliphatic rings. The summed E-state index contributed by atoms with van der Waals surface area (Å²) < 4.78 is 32.5. The average molecular weight is 820 g/mol. The fourth-order valence-corrected chi connectivity index (χ4v) is 5.36. The van der Waals surface area contributed by atoms with Crippen LogP contribution in [0.3, 0.4) is 0 Å². The minimum Gasteiger partial charge on any atom is -0.480 e. The summed E-state index contributed by atoms with van der Waals surface area (Å²) in [5.74, 6) is -2.54. The largest absolute Gasteiger partial charge is 0.480 e. The normalized spacial score (nSPS) is 15.3. The maximum Gasteiger partial charge on any atom is 0.472 e. The number of phosphoric ester groups is 1. The SMILES string of the molecule is CCCCC/C=C\C/C=C\C/C=C\CCCCC(=O)O[C@H](COC(=O)CCC/C=C\C/C=C\C/C=C\C/C=C\C=C\[C@@H](O)CC)COP(=O)(O)OC[C@H](N)C(=O)O. The predicted molar refractivity (Wildman–Crippen MR) is 227 cm³/mol. The van der Waals surface area contributed by atoms with Crippen LogP contribution in [0.5, 0.6) is 0 Å². The highest BCUT2D eigenvalue weighted by molar-refractivity contribution is 7.47. The van der Waals surface area contributed by atoms with Crippen molar-refractivity contribution in [3.63, 3.8) is 0 Å². The zero-order valence-corrected chi connectivity index (χ0v) is 35.1. The standard InChI is InChI=1S/C44H70NO11P/c1-3-5-6-7-8-9-10-11-12-17-20-23-26-29-32-35-43(48)56-40(37-54-57(51,52)55-38-41(45)44(49)50)36-53-42(47)34-31-28-25-22-19-16-14-13-15-18-21-24-27-30-33-39(46)4-2/h8-9,11-12,14-16,18,20,22-25,27,30,33,39-41,46H,3-7,10,13,17,19,21,26,28-29,31-32,34-38,45H2,1-2H3,(H,49,50)(H,51,52)/b9-8-,12-11-,16-14-,18-15-,23-20-,25-22-,27-24-,33-30+/t39-,40+,41-/m0/s1. The van der Waals surface area contributed by atoms with Crippen molar-refractivity contribution in [1.82, 2.24) is 0 Å². The van der Waals surface area contributed by atoms with Crippen LogP contribution in [0.2, 0.25) is 0 Å². The molecule has 0 aromatic carbocycles. The fourth-order valence-electron chi connectivity index (χ4n) is 4.59. The van der Waals surface area contributed by atoms with Gasteiger partial charge in [0.05, 0.1) is 19.3 Å². The number of hydrogen-bond donors (Lipinski definition) is 4. The number of carboxylic acid groups (broad SMARTS) is 1. The van der Waals surface area contributed by atoms with Gasteiger partial charge in [-0.2, -0.15) is 0 Å². The topological polar surface area (TPSA) is 192 Å². The summed E-state index contributed by atoms with van der Waals surface area (Å²) in [6, 6.07) is -1.55. The van der Waals surface area contributed by atoms with Gasteiger partial charge in [-0.05, 0) is 83.5 Å². The molecule has 0 amide bonds. The predicted octanol–water partition coefficient (Wildman–Crippen LogP) is 9.47. The second-order valence-corrected chi connectivity index (χ2v) is 14.7. The Morgan fingerprint density at radius 1 is 0.632 bits per heavy atom. The van der Waals surface area contributed by atoms with Crippen LogP contribution < -0.4 is 5.73 Å². The van der Waals surface area contributed by atoms with E-state index in [1.54, 1.807) is 6.08 Å². The molecule has 12 nitrogen and oxygen atoms in total. The molecular formula is C44H70NO11P. The lowest BCUT2D eigenvalue weighted by Gasteiger charge is -2.20. The smallest absolute Gasteiger partial charge is 0.472 e. The zero-order valence-electron chi connectivity index (χ0n) is 34.2. The van der Waals surface area contributed by atoms with Gasteiger partial charge in [0.25, 0.3) is 0 Å². The Morgan fingerprint density at radius 3 is 1.67 bits per heavy atom. The zero-order chi connectivity index (χ0) is 42.2. The van der Waals surface area contributed by atoms with E-state index in [1.165, 1.54) is 19.3 Å². The van der Waals surface area contributed by atoms with Gasteiger partial charge in [0.15, 0.2) is 6.10 Å². The molecule has 0 heterocycles. The second-order valence-electron chi connectivity index (χ2n) is 13.2. The number of allylic oxidation sites excluding steroid dienone is 15. The molecule has 5 N–H and O–H groups in total. The second kappa shape index (κ2) is 37.9. The number of carbonyl (C=O) groups excluding carboxylic acids is 2. The number of aliphatic hydroxyl groups is 1. The number of aliphatic carboxylic acids is 1. The molecule has 13 heteroatoms. The number of phosphoric acid groups is 1. The van der Waals surface area contributed by atoms with E-state index in [9.17, 15) is 28.9 Å². The first-order valence-electron chi connectivity index (χ1n) is 20.4. The highest BCUT2D eigenvalue weighted by atomic mass is 31.2. The maximum atomic E-state index is 12.6. The third-order valence-corrected chi connectivity index (χ3v) is 8.92. The van der Waals surface area contributed by atoms with Gasteiger partial charge in [-0.15, -0.1) is 0 Å². The number of carbonyl (C=O) groups is 3. The number of nitrogens with two attached hydrogens (primary N) is 1. The van der Waals surface area contributed by atoms with Gasteiger partial charge in [-0.1, -0.05) is 124 Å². The highest BCUT2D eigenvalue weighted by Crippen LogP contribution is 2.43. The highest BCUT2D eigenvalue weighted by Gasteiger charge is 2.28. The van der Waals surface area contributed by atoms with Crippen LogP contribution in [0.15, 0.2) is 97.2 Å². The molecule has 0 aromatic rings. The molecule has 0 radical (unpaired) electrons. The van der Waals surface area contributed by atoms with Crippen LogP contribution in [-0.2, 0) is 37.5 Å². The Bertz CT molecular complexity index is 1350. The molecule has 0 spiro atoms. The molecule has 0 aliphatic heterocycles. The van der Waals surface area contributed by atoms with Crippen molar-refractivity contribution in [2.45, 2.75) is 141 Å². The van der Waals surface area contributed by atoms with Crippen molar-refractivity contribution < 1.29 is 52.6 Å². The number of unbranched alkanes of at least 4 members (excludes halogenated alkanes) is 6. The number of hydrogen-bond acceptors (Lipinski definition) is 10. The summed E-state index contributed by atoms with van der Waals surface area (Å²) in [7, 11) is -4.75. The van der Waals surface area contributed by atoms with Crippen molar-refractivity contribution in [2.24, 2.45) is 5.73 Å². The van der Waals surface area contributed by atoms with Crippen molar-refractivity contribution >= 4 is 25.7 Å². The minimum absolute atomic E-state index is 0.0870. The number of ether oxygens (including phenoxy) is 2. The summed E-state index contributed by atoms with van der Waals surface area (Å²) in [6.07, 6.45) is 44.4. The summed E-state index contributed by atoms with van der Waals surface area (Å²) in [5.41, 5.74) is 5.31. The van der Waals surface area contributed by atoms with E-state index in [1.807, 2.05) is 37.3 Å². The Balaban J connectivity index is 4.61. The van der Waals surface area contributed by atoms with Gasteiger partial charge in [-0.3, -0.25) is 23.4 Å². The van der Waals surface area contributed by atoms with Crippen LogP contribution in [0, 0.1) is 0 Å². The average Bonchev–Trinajstić information content (AvgIpc) is 3.19. The van der Waals surface area contributed by atoms with E-state index in [4.69, 9.17) is 24.8 Å². The van der Waals surface area contributed by atoms with Gasteiger partial charge in [-0.25, -0.2) is 4.57 Å². The molecular weight excluding hydrogens is 749 g/mol. The lowest BCUT2D eigenvalue weighted by Crippen LogP contribution is -2.34. The molecule has 0 saturated heterocycles. The van der Waals surface area contributed by atoms with E-state index in [0.717, 1.165) is 51.4 Å². The van der Waals surface area contributed by atoms with Crippen molar-refractivity contribution in [3.05, 3.63) is 97.2 Å². The number of aliphatic hydroxyl groups excluding tert-OH is 1. The molecule has 0 fully saturated rings. The first-order chi connectivity index (χ1) is 27.5. The minimum atomic E-state index is -4.75. The number of rotatable bonds is 36. The first-order valence-corrected chi connectivity index (χ1v) is 21.9. The lowest BCUT2D eigenvalue weighted by atomic mass is 10.1. The van der Waals surface area contributed by atoms with E-state index in [0.29, 0.717) is 25.7 Å².